The van der Waals surface area contributed by atoms with E-state index in [1.807, 2.05) is 0 Å². The second kappa shape index (κ2) is 4.17. The van der Waals surface area contributed by atoms with Crippen LogP contribution in [0.1, 0.15) is 0 Å². The first-order chi connectivity index (χ1) is 1.91. The van der Waals surface area contributed by atoms with E-state index in [1.165, 1.54) is 9.50 Å². The van der Waals surface area contributed by atoms with E-state index in [9.17, 15) is 0 Å². The first kappa shape index (κ1) is 5.17. The van der Waals surface area contributed by atoms with Gasteiger partial charge in [0, 0.05) is 0 Å². The van der Waals surface area contributed by atoms with Crippen LogP contribution in [0.25, 0.3) is 0 Å². The van der Waals surface area contributed by atoms with E-state index in [0.717, 1.165) is 7.04 Å². The molecule has 24 valence electrons. The van der Waals surface area contributed by atoms with Gasteiger partial charge in [0.15, 0.2) is 0 Å². The number of hydrogen-bond donors (Lipinski definition) is 0. The molecule has 0 bridgehead atoms. The lowest BCUT2D eigenvalue weighted by Gasteiger charge is -1.34. The summed E-state index contributed by atoms with van der Waals surface area (Å²) in [7, 11) is 5.01. The first-order valence-corrected chi connectivity index (χ1v) is 5.47. The van der Waals surface area contributed by atoms with Crippen LogP contribution in [-0.2, 0) is 20.7 Å². The molecule has 0 aliphatic carbocycles. The summed E-state index contributed by atoms with van der Waals surface area (Å²) < 4.78 is 0. The van der Waals surface area contributed by atoms with Gasteiger partial charge in [0.1, 0.15) is 0 Å². The Balaban J connectivity index is 3.11. The van der Waals surface area contributed by atoms with Crippen molar-refractivity contribution in [2.45, 2.75) is 0 Å². The van der Waals surface area contributed by atoms with Crippen molar-refractivity contribution in [3.8, 4) is 0 Å². The largest absolute Gasteiger partial charge is 0.0707 e. The lowest BCUT2D eigenvalue weighted by molar-refractivity contribution is 5.72. The standard InChI is InChI=1S/H2P2S2/c1-2-4-3/h1H2. The van der Waals surface area contributed by atoms with E-state index >= 15 is 0 Å². The molecule has 0 aliphatic rings. The Morgan fingerprint density at radius 3 is 2.25 bits per heavy atom. The zero-order valence-electron chi connectivity index (χ0n) is 1.84. The molecule has 0 saturated carbocycles. The smallest absolute Gasteiger partial charge is 0.00505 e. The molecule has 0 aromatic rings. The third-order valence-corrected chi connectivity index (χ3v) is 3.49. The van der Waals surface area contributed by atoms with E-state index in [0.29, 0.717) is 0 Å². The molecule has 0 fully saturated rings. The summed E-state index contributed by atoms with van der Waals surface area (Å²) in [6.07, 6.45) is 0. The van der Waals surface area contributed by atoms with Crippen LogP contribution in [0.3, 0.4) is 0 Å². The Hall–Kier alpha value is 1.17. The summed E-state index contributed by atoms with van der Waals surface area (Å²) in [6.45, 7) is 0. The van der Waals surface area contributed by atoms with Crippen LogP contribution in [0.2, 0.25) is 0 Å². The molecule has 0 aromatic heterocycles. The summed E-state index contributed by atoms with van der Waals surface area (Å²) in [5.41, 5.74) is 0. The third kappa shape index (κ3) is 3.17. The maximum atomic E-state index is 4.44. The second-order valence-electron chi connectivity index (χ2n) is 0.180. The molecular weight excluding hydrogens is 126 g/mol. The van der Waals surface area contributed by atoms with Crippen molar-refractivity contribution in [2.24, 2.45) is 0 Å². The van der Waals surface area contributed by atoms with Gasteiger partial charge in [-0.2, -0.15) is 0 Å². The number of hydrogen-bond acceptors (Lipinski definition) is 1. The van der Waals surface area contributed by atoms with Gasteiger partial charge in [0.05, 0.1) is 0 Å². The van der Waals surface area contributed by atoms with E-state index in [2.05, 4.69) is 20.1 Å². The monoisotopic (exact) mass is 128 g/mol. The molecule has 0 aliphatic heterocycles. The minimum absolute atomic E-state index is 1.15. The van der Waals surface area contributed by atoms with Crippen LogP contribution in [-0.4, -0.2) is 0 Å². The highest BCUT2D eigenvalue weighted by Crippen LogP contribution is 2.01. The fourth-order valence-corrected chi connectivity index (χ4v) is 0. The van der Waals surface area contributed by atoms with Gasteiger partial charge in [0.2, 0.25) is 0 Å². The van der Waals surface area contributed by atoms with Crippen LogP contribution in [0.4, 0.5) is 0 Å². The lowest BCUT2D eigenvalue weighted by Crippen LogP contribution is -0.938. The van der Waals surface area contributed by atoms with Crippen molar-refractivity contribution in [1.82, 2.24) is 0 Å². The molecular formula is H2P2S2. The summed E-state index contributed by atoms with van der Waals surface area (Å²) in [6, 6.07) is 0. The topological polar surface area (TPSA) is 0 Å². The maximum Gasteiger partial charge on any atom is -0.00505 e. The SMILES string of the molecule is PP=S=S. The quantitative estimate of drug-likeness (QED) is 0.441. The fourth-order valence-electron chi connectivity index (χ4n) is 0. The summed E-state index contributed by atoms with van der Waals surface area (Å²) >= 11 is 4.44. The summed E-state index contributed by atoms with van der Waals surface area (Å²) in [5.74, 6) is 0. The molecule has 1 atom stereocenters. The molecule has 0 spiro atoms. The molecule has 0 heterocycles. The van der Waals surface area contributed by atoms with Gasteiger partial charge in [-0.3, -0.25) is 0 Å². The summed E-state index contributed by atoms with van der Waals surface area (Å²) in [4.78, 5) is 0. The van der Waals surface area contributed by atoms with Gasteiger partial charge in [-0.05, 0) is 27.7 Å². The predicted molar refractivity (Wildman–Crippen MR) is 31.4 cm³/mol. The minimum Gasteiger partial charge on any atom is -0.0707 e. The maximum absolute atomic E-state index is 4.44. The van der Waals surface area contributed by atoms with Crippen molar-refractivity contribution < 1.29 is 0 Å². The van der Waals surface area contributed by atoms with Crippen molar-refractivity contribution in [1.29, 1.82) is 0 Å². The van der Waals surface area contributed by atoms with Crippen molar-refractivity contribution in [2.75, 3.05) is 0 Å². The molecule has 0 saturated heterocycles. The molecule has 0 nitrogen and oxygen atoms in total. The van der Waals surface area contributed by atoms with Gasteiger partial charge < -0.3 is 0 Å². The zero-order chi connectivity index (χ0) is 3.41. The Kier molecular flexibility index (Phi) is 5.39. The molecule has 0 N–H and O–H groups in total. The molecule has 4 heavy (non-hydrogen) atoms. The predicted octanol–water partition coefficient (Wildman–Crippen LogP) is 1.18. The first-order valence-electron chi connectivity index (χ1n) is 0.607. The highest BCUT2D eigenvalue weighted by molar-refractivity contribution is 8.43. The van der Waals surface area contributed by atoms with E-state index in [1.54, 1.807) is 0 Å². The molecule has 0 radical (unpaired) electrons. The van der Waals surface area contributed by atoms with E-state index < -0.39 is 0 Å². The second-order valence-corrected chi connectivity index (χ2v) is 4.86. The van der Waals surface area contributed by atoms with Gasteiger partial charge in [-0.1, -0.05) is 8.93 Å². The minimum atomic E-state index is 1.15. The lowest BCUT2D eigenvalue weighted by atomic mass is 29.8. The average molecular weight is 128 g/mol. The highest BCUT2D eigenvalue weighted by atomic mass is 33.0. The van der Waals surface area contributed by atoms with Crippen molar-refractivity contribution >= 4 is 36.7 Å². The highest BCUT2D eigenvalue weighted by Gasteiger charge is 1.28. The zero-order valence-corrected chi connectivity index (χ0v) is 5.52. The molecule has 0 amide bonds. The molecule has 0 rings (SSSR count). The average Bonchev–Trinajstić information content (AvgIpc) is 1.37. The van der Waals surface area contributed by atoms with Crippen LogP contribution in [0, 0.1) is 0 Å². The van der Waals surface area contributed by atoms with Crippen LogP contribution in [0.5, 0.6) is 0 Å². The van der Waals surface area contributed by atoms with Crippen LogP contribution >= 0.6 is 16.0 Å². The van der Waals surface area contributed by atoms with E-state index in [4.69, 9.17) is 0 Å². The van der Waals surface area contributed by atoms with Crippen LogP contribution in [0.15, 0.2) is 0 Å². The fraction of sp³-hybridized carbons (Fsp3) is 0. The Morgan fingerprint density at radius 2 is 2.25 bits per heavy atom. The third-order valence-electron chi connectivity index (χ3n) is 0.0430. The summed E-state index contributed by atoms with van der Waals surface area (Å²) in [5, 5.41) is 0. The van der Waals surface area contributed by atoms with Gasteiger partial charge in [-0.15, -0.1) is 0 Å². The normalized spacial score (nSPS) is 7.25. The Morgan fingerprint density at radius 1 is 2.00 bits per heavy atom. The molecule has 1 unspecified atom stereocenters. The van der Waals surface area contributed by atoms with Crippen molar-refractivity contribution in [3.05, 3.63) is 0 Å². The Bertz CT molecular complexity index is 42.0. The van der Waals surface area contributed by atoms with Gasteiger partial charge in [-0.25, -0.2) is 0 Å². The Labute approximate surface area is 37.1 Å². The molecule has 0 aromatic carbocycles. The van der Waals surface area contributed by atoms with Crippen LogP contribution < -0.4 is 0 Å². The van der Waals surface area contributed by atoms with Crippen molar-refractivity contribution in [3.63, 3.8) is 0 Å². The van der Waals surface area contributed by atoms with E-state index in [-0.39, 0.29) is 0 Å². The van der Waals surface area contributed by atoms with Gasteiger partial charge >= 0.3 is 0 Å². The molecule has 4 heteroatoms. The number of rotatable bonds is 0. The van der Waals surface area contributed by atoms with Gasteiger partial charge in [0.25, 0.3) is 0 Å².